The van der Waals surface area contributed by atoms with Crippen molar-refractivity contribution < 1.29 is 4.79 Å². The summed E-state index contributed by atoms with van der Waals surface area (Å²) in [5.74, 6) is -0.129. The number of hydrogen-bond donors (Lipinski definition) is 1. The quantitative estimate of drug-likeness (QED) is 0.940. The maximum atomic E-state index is 12.1. The van der Waals surface area contributed by atoms with Crippen molar-refractivity contribution in [3.63, 3.8) is 0 Å². The Morgan fingerprint density at radius 2 is 2.13 bits per heavy atom. The topological polar surface area (TPSA) is 58.1 Å². The number of benzene rings is 1. The van der Waals surface area contributed by atoms with Crippen LogP contribution < -0.4 is 5.32 Å². The van der Waals surface area contributed by atoms with Gasteiger partial charge in [-0.3, -0.25) is 14.7 Å². The number of nitrogens with one attached hydrogen (secondary N) is 1. The zero-order valence-corrected chi connectivity index (χ0v) is 13.4. The molecule has 5 nitrogen and oxygen atoms in total. The summed E-state index contributed by atoms with van der Waals surface area (Å²) in [5, 5.41) is 3.06. The molecule has 1 aromatic carbocycles. The van der Waals surface area contributed by atoms with E-state index >= 15 is 0 Å². The first-order valence-electron chi connectivity index (χ1n) is 8.05. The highest BCUT2D eigenvalue weighted by atomic mass is 16.1. The van der Waals surface area contributed by atoms with Crippen LogP contribution in [0.3, 0.4) is 0 Å². The third-order valence-corrected chi connectivity index (χ3v) is 4.21. The fourth-order valence-corrected chi connectivity index (χ4v) is 2.98. The molecule has 1 aromatic heterocycles. The minimum atomic E-state index is -0.129. The second-order valence-electron chi connectivity index (χ2n) is 6.10. The molecule has 0 aliphatic carbocycles. The van der Waals surface area contributed by atoms with Crippen LogP contribution in [-0.2, 0) is 6.54 Å². The van der Waals surface area contributed by atoms with Gasteiger partial charge in [0.2, 0.25) is 0 Å². The monoisotopic (exact) mass is 310 g/mol. The molecule has 1 fully saturated rings. The van der Waals surface area contributed by atoms with Crippen LogP contribution in [0.15, 0.2) is 42.9 Å². The standard InChI is InChI=1S/C18H22N4O/c1-14-3-2-4-15(11-14)13-22-9-5-16(6-10-22)21-18(23)17-12-19-7-8-20-17/h2-4,7-8,11-12,16H,5-6,9-10,13H2,1H3,(H,21,23). The second-order valence-corrected chi connectivity index (χ2v) is 6.10. The Hall–Kier alpha value is -2.27. The van der Waals surface area contributed by atoms with Crippen molar-refractivity contribution in [1.82, 2.24) is 20.2 Å². The fraction of sp³-hybridized carbons (Fsp3) is 0.389. The van der Waals surface area contributed by atoms with E-state index in [1.54, 1.807) is 12.4 Å². The van der Waals surface area contributed by atoms with Crippen LogP contribution in [0.1, 0.15) is 34.5 Å². The van der Waals surface area contributed by atoms with E-state index in [9.17, 15) is 4.79 Å². The molecular weight excluding hydrogens is 288 g/mol. The average Bonchev–Trinajstić information content (AvgIpc) is 2.57. The van der Waals surface area contributed by atoms with Crippen molar-refractivity contribution >= 4 is 5.91 Å². The molecule has 1 amide bonds. The molecule has 120 valence electrons. The summed E-state index contributed by atoms with van der Waals surface area (Å²) in [6, 6.07) is 8.87. The number of nitrogens with zero attached hydrogens (tertiary/aromatic N) is 3. The number of likely N-dealkylation sites (tertiary alicyclic amines) is 1. The van der Waals surface area contributed by atoms with Gasteiger partial charge >= 0.3 is 0 Å². The van der Waals surface area contributed by atoms with Gasteiger partial charge in [0, 0.05) is 38.1 Å². The summed E-state index contributed by atoms with van der Waals surface area (Å²) in [6.07, 6.45) is 6.55. The maximum Gasteiger partial charge on any atom is 0.271 e. The van der Waals surface area contributed by atoms with Crippen molar-refractivity contribution in [1.29, 1.82) is 0 Å². The predicted octanol–water partition coefficient (Wildman–Crippen LogP) is 2.18. The largest absolute Gasteiger partial charge is 0.348 e. The van der Waals surface area contributed by atoms with Crippen LogP contribution in [-0.4, -0.2) is 39.9 Å². The maximum absolute atomic E-state index is 12.1. The van der Waals surface area contributed by atoms with E-state index in [1.807, 2.05) is 0 Å². The Kier molecular flexibility index (Phi) is 4.98. The zero-order valence-electron chi connectivity index (χ0n) is 13.4. The molecule has 23 heavy (non-hydrogen) atoms. The first kappa shape index (κ1) is 15.6. The summed E-state index contributed by atoms with van der Waals surface area (Å²) in [4.78, 5) is 22.5. The van der Waals surface area contributed by atoms with E-state index in [0.717, 1.165) is 32.5 Å². The molecule has 1 saturated heterocycles. The van der Waals surface area contributed by atoms with Crippen LogP contribution >= 0.6 is 0 Å². The van der Waals surface area contributed by atoms with Crippen LogP contribution in [0.2, 0.25) is 0 Å². The molecule has 2 aromatic rings. The molecule has 0 radical (unpaired) electrons. The minimum absolute atomic E-state index is 0.129. The van der Waals surface area contributed by atoms with Crippen molar-refractivity contribution in [2.24, 2.45) is 0 Å². The predicted molar refractivity (Wildman–Crippen MR) is 89.0 cm³/mol. The third kappa shape index (κ3) is 4.36. The Balaban J connectivity index is 1.48. The van der Waals surface area contributed by atoms with Crippen LogP contribution in [0.25, 0.3) is 0 Å². The molecule has 0 unspecified atom stereocenters. The van der Waals surface area contributed by atoms with Crippen LogP contribution in [0.4, 0.5) is 0 Å². The smallest absolute Gasteiger partial charge is 0.271 e. The Labute approximate surface area is 136 Å². The average molecular weight is 310 g/mol. The highest BCUT2D eigenvalue weighted by Crippen LogP contribution is 2.15. The van der Waals surface area contributed by atoms with Crippen LogP contribution in [0.5, 0.6) is 0 Å². The van der Waals surface area contributed by atoms with Gasteiger partial charge in [-0.2, -0.15) is 0 Å². The third-order valence-electron chi connectivity index (χ3n) is 4.21. The lowest BCUT2D eigenvalue weighted by molar-refractivity contribution is 0.0903. The molecule has 1 N–H and O–H groups in total. The van der Waals surface area contributed by atoms with Gasteiger partial charge in [-0.1, -0.05) is 29.8 Å². The van der Waals surface area contributed by atoms with Crippen molar-refractivity contribution in [3.8, 4) is 0 Å². The summed E-state index contributed by atoms with van der Waals surface area (Å²) in [6.45, 7) is 5.10. The molecule has 0 atom stereocenters. The van der Waals surface area contributed by atoms with E-state index in [-0.39, 0.29) is 11.9 Å². The molecule has 5 heteroatoms. The number of piperidine rings is 1. The second kappa shape index (κ2) is 7.33. The van der Waals surface area contributed by atoms with Gasteiger partial charge in [0.05, 0.1) is 6.20 Å². The van der Waals surface area contributed by atoms with Gasteiger partial charge < -0.3 is 5.32 Å². The Bertz CT molecular complexity index is 651. The van der Waals surface area contributed by atoms with Crippen molar-refractivity contribution in [2.75, 3.05) is 13.1 Å². The van der Waals surface area contributed by atoms with Crippen molar-refractivity contribution in [2.45, 2.75) is 32.4 Å². The molecular formula is C18H22N4O. The molecule has 1 aliphatic rings. The van der Waals surface area contributed by atoms with E-state index in [1.165, 1.54) is 17.3 Å². The van der Waals surface area contributed by atoms with Gasteiger partial charge in [-0.15, -0.1) is 0 Å². The fourth-order valence-electron chi connectivity index (χ4n) is 2.98. The highest BCUT2D eigenvalue weighted by molar-refractivity contribution is 5.92. The number of aryl methyl sites for hydroxylation is 1. The molecule has 3 rings (SSSR count). The molecule has 2 heterocycles. The SMILES string of the molecule is Cc1cccc(CN2CCC(NC(=O)c3cnccn3)CC2)c1. The first-order chi connectivity index (χ1) is 11.2. The summed E-state index contributed by atoms with van der Waals surface area (Å²) in [7, 11) is 0. The molecule has 0 spiro atoms. The van der Waals surface area contributed by atoms with Gasteiger partial charge in [0.25, 0.3) is 5.91 Å². The number of carbonyl (C=O) groups is 1. The normalized spacial score (nSPS) is 16.2. The summed E-state index contributed by atoms with van der Waals surface area (Å²) in [5.41, 5.74) is 3.04. The lowest BCUT2D eigenvalue weighted by Crippen LogP contribution is -2.44. The zero-order chi connectivity index (χ0) is 16.1. The minimum Gasteiger partial charge on any atom is -0.348 e. The Morgan fingerprint density at radius 1 is 1.30 bits per heavy atom. The van der Waals surface area contributed by atoms with Gasteiger partial charge in [0.15, 0.2) is 0 Å². The van der Waals surface area contributed by atoms with Gasteiger partial charge in [-0.05, 0) is 25.3 Å². The van der Waals surface area contributed by atoms with E-state index in [4.69, 9.17) is 0 Å². The van der Waals surface area contributed by atoms with Crippen LogP contribution in [0, 0.1) is 6.92 Å². The van der Waals surface area contributed by atoms with Gasteiger partial charge in [0.1, 0.15) is 5.69 Å². The lowest BCUT2D eigenvalue weighted by Gasteiger charge is -2.32. The lowest BCUT2D eigenvalue weighted by atomic mass is 10.0. The summed E-state index contributed by atoms with van der Waals surface area (Å²) >= 11 is 0. The number of rotatable bonds is 4. The molecule has 0 saturated carbocycles. The van der Waals surface area contributed by atoms with E-state index in [0.29, 0.717) is 5.69 Å². The van der Waals surface area contributed by atoms with E-state index in [2.05, 4.69) is 51.4 Å². The number of amides is 1. The number of aromatic nitrogens is 2. The molecule has 1 aliphatic heterocycles. The number of hydrogen-bond acceptors (Lipinski definition) is 4. The first-order valence-corrected chi connectivity index (χ1v) is 8.05. The summed E-state index contributed by atoms with van der Waals surface area (Å²) < 4.78 is 0. The number of carbonyl (C=O) groups excluding carboxylic acids is 1. The highest BCUT2D eigenvalue weighted by Gasteiger charge is 2.21. The van der Waals surface area contributed by atoms with E-state index < -0.39 is 0 Å². The molecule has 0 bridgehead atoms. The van der Waals surface area contributed by atoms with Gasteiger partial charge in [-0.25, -0.2) is 4.98 Å². The Morgan fingerprint density at radius 3 is 2.83 bits per heavy atom. The van der Waals surface area contributed by atoms with Crippen molar-refractivity contribution in [3.05, 3.63) is 59.7 Å².